The molecule has 0 radical (unpaired) electrons. The number of nitrogens with zero attached hydrogens (tertiary/aromatic N) is 2. The lowest BCUT2D eigenvalue weighted by Gasteiger charge is -2.52. The number of aromatic nitrogens is 2. The van der Waals surface area contributed by atoms with E-state index in [1.54, 1.807) is 0 Å². The van der Waals surface area contributed by atoms with Crippen LogP contribution in [0.15, 0.2) is 103 Å². The summed E-state index contributed by atoms with van der Waals surface area (Å²) in [6.07, 6.45) is 12.6. The van der Waals surface area contributed by atoms with E-state index in [0.717, 1.165) is 32.1 Å². The number of aryl methyl sites for hydroxylation is 1. The molecule has 2 unspecified atom stereocenters. The summed E-state index contributed by atoms with van der Waals surface area (Å²) in [5.41, 5.74) is 10.1. The topological polar surface area (TPSA) is 7.98 Å². The highest BCUT2D eigenvalue weighted by Gasteiger charge is 2.65. The van der Waals surface area contributed by atoms with Crippen molar-refractivity contribution in [3.8, 4) is 11.3 Å². The van der Waals surface area contributed by atoms with Crippen LogP contribution in [0.25, 0.3) is 38.3 Å². The maximum atomic E-state index is 2.75. The van der Waals surface area contributed by atoms with Crippen LogP contribution in [0.4, 0.5) is 0 Å². The SMILES string of the molecule is CCCCc1cccc2c3[n+](ccc12)C1(CC)Cc2c(c4ccccc4c4cccc[n+]24)CC1(CC)c1ccccc1-3. The molecule has 2 aliphatic rings. The standard InChI is InChI=1S/C40H40N2/c1-4-7-15-28-16-14-20-32-29(28)23-25-42-38(32)33-19-10-11-21-35(33)39(5-2)26-34-30-17-8-9-18-31(30)36-22-12-13-24-41(36)37(34)27-40(39,42)6-3/h8-14,16-25H,4-7,15,26-27H2,1-3H3/q+2. The molecule has 42 heavy (non-hydrogen) atoms. The van der Waals surface area contributed by atoms with Gasteiger partial charge in [-0.3, -0.25) is 0 Å². The molecule has 2 atom stereocenters. The molecular formula is C40H40N2+2. The molecule has 0 saturated heterocycles. The number of pyridine rings is 3. The highest BCUT2D eigenvalue weighted by molar-refractivity contribution is 5.98. The number of benzene rings is 3. The first kappa shape index (κ1) is 25.7. The summed E-state index contributed by atoms with van der Waals surface area (Å²) < 4.78 is 5.26. The Morgan fingerprint density at radius 1 is 0.667 bits per heavy atom. The van der Waals surface area contributed by atoms with Crippen molar-refractivity contribution in [1.29, 1.82) is 0 Å². The monoisotopic (exact) mass is 548 g/mol. The van der Waals surface area contributed by atoms with Crippen LogP contribution in [0.1, 0.15) is 68.8 Å². The number of hydrogen-bond donors (Lipinski definition) is 0. The zero-order chi connectivity index (χ0) is 28.5. The summed E-state index contributed by atoms with van der Waals surface area (Å²) in [4.78, 5) is 0. The summed E-state index contributed by atoms with van der Waals surface area (Å²) in [7, 11) is 0. The zero-order valence-corrected chi connectivity index (χ0v) is 25.2. The normalized spacial score (nSPS) is 20.7. The van der Waals surface area contributed by atoms with Crippen LogP contribution in [-0.4, -0.2) is 0 Å². The molecule has 0 fully saturated rings. The molecule has 1 aliphatic heterocycles. The molecule has 4 heterocycles. The summed E-state index contributed by atoms with van der Waals surface area (Å²) in [6, 6.07) is 34.6. The Kier molecular flexibility index (Phi) is 5.80. The van der Waals surface area contributed by atoms with Crippen molar-refractivity contribution in [3.63, 3.8) is 0 Å². The van der Waals surface area contributed by atoms with Crippen LogP contribution in [0.5, 0.6) is 0 Å². The third-order valence-corrected chi connectivity index (χ3v) is 11.1. The zero-order valence-electron chi connectivity index (χ0n) is 25.2. The second kappa shape index (κ2) is 9.49. The van der Waals surface area contributed by atoms with Crippen LogP contribution in [0.2, 0.25) is 0 Å². The minimum Gasteiger partial charge on any atom is -0.191 e. The van der Waals surface area contributed by atoms with Crippen molar-refractivity contribution in [2.45, 2.75) is 76.7 Å². The van der Waals surface area contributed by atoms with Crippen molar-refractivity contribution in [2.24, 2.45) is 0 Å². The van der Waals surface area contributed by atoms with Gasteiger partial charge in [-0.05, 0) is 71.8 Å². The highest BCUT2D eigenvalue weighted by Crippen LogP contribution is 2.56. The van der Waals surface area contributed by atoms with Gasteiger partial charge in [0.1, 0.15) is 0 Å². The highest BCUT2D eigenvalue weighted by atomic mass is 15.1. The summed E-state index contributed by atoms with van der Waals surface area (Å²) in [5.74, 6) is 0. The fraction of sp³-hybridized carbons (Fsp3) is 0.300. The van der Waals surface area contributed by atoms with Gasteiger partial charge in [0, 0.05) is 30.2 Å². The average Bonchev–Trinajstić information content (AvgIpc) is 3.06. The number of fused-ring (bicyclic) bond motifs is 14. The lowest BCUT2D eigenvalue weighted by molar-refractivity contribution is -0.771. The van der Waals surface area contributed by atoms with Gasteiger partial charge < -0.3 is 0 Å². The van der Waals surface area contributed by atoms with E-state index in [1.165, 1.54) is 73.5 Å². The molecule has 8 rings (SSSR count). The lowest BCUT2D eigenvalue weighted by Crippen LogP contribution is -2.73. The molecule has 3 aromatic heterocycles. The maximum Gasteiger partial charge on any atom is 0.221 e. The smallest absolute Gasteiger partial charge is 0.191 e. The molecule has 6 aromatic rings. The molecule has 0 amide bonds. The first-order valence-electron chi connectivity index (χ1n) is 16.1. The van der Waals surface area contributed by atoms with Crippen LogP contribution in [0, 0.1) is 0 Å². The van der Waals surface area contributed by atoms with Crippen LogP contribution in [-0.2, 0) is 30.2 Å². The van der Waals surface area contributed by atoms with E-state index in [0.29, 0.717) is 0 Å². The molecule has 3 aromatic carbocycles. The molecule has 0 bridgehead atoms. The van der Waals surface area contributed by atoms with E-state index < -0.39 is 0 Å². The molecule has 2 nitrogen and oxygen atoms in total. The van der Waals surface area contributed by atoms with Crippen LogP contribution < -0.4 is 8.97 Å². The van der Waals surface area contributed by atoms with E-state index in [9.17, 15) is 0 Å². The summed E-state index contributed by atoms with van der Waals surface area (Å²) in [5, 5.41) is 5.60. The number of hydrogen-bond acceptors (Lipinski definition) is 0. The van der Waals surface area contributed by atoms with E-state index in [4.69, 9.17) is 0 Å². The van der Waals surface area contributed by atoms with Gasteiger partial charge in [-0.1, -0.05) is 75.7 Å². The average molecular weight is 549 g/mol. The van der Waals surface area contributed by atoms with Crippen molar-refractivity contribution in [2.75, 3.05) is 0 Å². The van der Waals surface area contributed by atoms with Crippen LogP contribution in [0.3, 0.4) is 0 Å². The Labute approximate surface area is 249 Å². The fourth-order valence-corrected chi connectivity index (χ4v) is 9.10. The Morgan fingerprint density at radius 3 is 2.29 bits per heavy atom. The first-order chi connectivity index (χ1) is 20.7. The van der Waals surface area contributed by atoms with Gasteiger partial charge in [0.05, 0.1) is 28.2 Å². The second-order valence-corrected chi connectivity index (χ2v) is 12.7. The number of rotatable bonds is 5. The Balaban J connectivity index is 1.50. The summed E-state index contributed by atoms with van der Waals surface area (Å²) >= 11 is 0. The molecule has 2 heteroatoms. The molecule has 1 aliphatic carbocycles. The van der Waals surface area contributed by atoms with Gasteiger partial charge in [-0.15, -0.1) is 0 Å². The van der Waals surface area contributed by atoms with E-state index in [-0.39, 0.29) is 11.0 Å². The van der Waals surface area contributed by atoms with E-state index in [2.05, 4.69) is 133 Å². The van der Waals surface area contributed by atoms with E-state index in [1.807, 2.05) is 0 Å². The first-order valence-corrected chi connectivity index (χ1v) is 16.1. The van der Waals surface area contributed by atoms with Gasteiger partial charge in [0.2, 0.25) is 11.2 Å². The third kappa shape index (κ3) is 3.21. The van der Waals surface area contributed by atoms with E-state index >= 15 is 0 Å². The Hall–Kier alpha value is -4.04. The van der Waals surface area contributed by atoms with Gasteiger partial charge in [-0.2, -0.15) is 8.97 Å². The molecule has 0 N–H and O–H groups in total. The quantitative estimate of drug-likeness (QED) is 0.151. The van der Waals surface area contributed by atoms with Crippen molar-refractivity contribution in [1.82, 2.24) is 0 Å². The molecule has 208 valence electrons. The fourth-order valence-electron chi connectivity index (χ4n) is 9.10. The predicted molar refractivity (Wildman–Crippen MR) is 173 cm³/mol. The predicted octanol–water partition coefficient (Wildman–Crippen LogP) is 8.59. The van der Waals surface area contributed by atoms with Gasteiger partial charge >= 0.3 is 0 Å². The minimum atomic E-state index is -0.0791. The maximum absolute atomic E-state index is 2.75. The van der Waals surface area contributed by atoms with Gasteiger partial charge in [0.25, 0.3) is 0 Å². The van der Waals surface area contributed by atoms with Gasteiger partial charge in [0.15, 0.2) is 23.6 Å². The molecular weight excluding hydrogens is 508 g/mol. The largest absolute Gasteiger partial charge is 0.221 e. The molecule has 0 spiro atoms. The minimum absolute atomic E-state index is 0.0116. The third-order valence-electron chi connectivity index (χ3n) is 11.1. The van der Waals surface area contributed by atoms with Crippen molar-refractivity contribution >= 4 is 27.1 Å². The van der Waals surface area contributed by atoms with Crippen molar-refractivity contribution < 1.29 is 8.97 Å². The number of unbranched alkanes of at least 4 members (excludes halogenated alkanes) is 1. The lowest BCUT2D eigenvalue weighted by atomic mass is 9.52. The van der Waals surface area contributed by atoms with Crippen molar-refractivity contribution in [3.05, 3.63) is 126 Å². The Morgan fingerprint density at radius 2 is 1.45 bits per heavy atom. The molecule has 0 saturated carbocycles. The second-order valence-electron chi connectivity index (χ2n) is 12.7. The van der Waals surface area contributed by atoms with Gasteiger partial charge in [-0.25, -0.2) is 0 Å². The van der Waals surface area contributed by atoms with Crippen LogP contribution >= 0.6 is 0 Å². The summed E-state index contributed by atoms with van der Waals surface area (Å²) in [6.45, 7) is 7.17. The Bertz CT molecular complexity index is 2020.